The lowest BCUT2D eigenvalue weighted by Gasteiger charge is -2.31. The Morgan fingerprint density at radius 1 is 1.26 bits per heavy atom. The van der Waals surface area contributed by atoms with Gasteiger partial charge in [0.15, 0.2) is 0 Å². The topological polar surface area (TPSA) is 63.1 Å². The van der Waals surface area contributed by atoms with Gasteiger partial charge < -0.3 is 10.2 Å². The molecule has 0 bridgehead atoms. The minimum atomic E-state index is -0.102. The first kappa shape index (κ1) is 18.0. The van der Waals surface area contributed by atoms with Crippen LogP contribution in [0.5, 0.6) is 0 Å². The van der Waals surface area contributed by atoms with Crippen molar-refractivity contribution in [2.45, 2.75) is 19.8 Å². The SMILES string of the molecule is Cc1ccc(NC(=O)C2CCCN(c3nnc(-n4cccc4)s3)C2)c(Cl)c1. The maximum atomic E-state index is 12.7. The van der Waals surface area contributed by atoms with Crippen molar-refractivity contribution < 1.29 is 4.79 Å². The van der Waals surface area contributed by atoms with Gasteiger partial charge in [-0.2, -0.15) is 0 Å². The van der Waals surface area contributed by atoms with Crippen molar-refractivity contribution >= 4 is 39.7 Å². The van der Waals surface area contributed by atoms with E-state index < -0.39 is 0 Å². The Bertz CT molecular complexity index is 939. The maximum Gasteiger partial charge on any atom is 0.229 e. The molecule has 1 unspecified atom stereocenters. The standard InChI is InChI=1S/C19H20ClN5OS/c1-13-6-7-16(15(20)11-13)21-17(26)14-5-4-10-25(12-14)19-23-22-18(27-19)24-8-2-3-9-24/h2-3,6-9,11,14H,4-5,10,12H2,1H3,(H,21,26). The second-order valence-corrected chi connectivity index (χ2v) is 8.06. The average molecular weight is 402 g/mol. The summed E-state index contributed by atoms with van der Waals surface area (Å²) in [5.74, 6) is -0.101. The van der Waals surface area contributed by atoms with Crippen molar-refractivity contribution in [3.63, 3.8) is 0 Å². The van der Waals surface area contributed by atoms with Gasteiger partial charge >= 0.3 is 0 Å². The van der Waals surface area contributed by atoms with Crippen LogP contribution in [0.25, 0.3) is 5.13 Å². The van der Waals surface area contributed by atoms with E-state index in [0.717, 1.165) is 35.2 Å². The fourth-order valence-electron chi connectivity index (χ4n) is 3.22. The van der Waals surface area contributed by atoms with E-state index >= 15 is 0 Å². The van der Waals surface area contributed by atoms with E-state index in [0.29, 0.717) is 17.3 Å². The molecule has 1 amide bonds. The molecule has 3 heterocycles. The van der Waals surface area contributed by atoms with Crippen molar-refractivity contribution in [1.82, 2.24) is 14.8 Å². The minimum absolute atomic E-state index is 0.000557. The van der Waals surface area contributed by atoms with Crippen molar-refractivity contribution in [1.29, 1.82) is 0 Å². The zero-order valence-corrected chi connectivity index (χ0v) is 16.5. The van der Waals surface area contributed by atoms with Crippen LogP contribution >= 0.6 is 22.9 Å². The molecule has 1 aliphatic heterocycles. The number of benzene rings is 1. The maximum absolute atomic E-state index is 12.7. The molecule has 3 aromatic rings. The smallest absolute Gasteiger partial charge is 0.229 e. The number of hydrogen-bond donors (Lipinski definition) is 1. The molecule has 2 aromatic heterocycles. The zero-order chi connectivity index (χ0) is 18.8. The van der Waals surface area contributed by atoms with Crippen LogP contribution in [0.4, 0.5) is 10.8 Å². The van der Waals surface area contributed by atoms with Crippen LogP contribution in [0.15, 0.2) is 42.7 Å². The van der Waals surface area contributed by atoms with Gasteiger partial charge in [-0.25, -0.2) is 0 Å². The molecular formula is C19H20ClN5OS. The quantitative estimate of drug-likeness (QED) is 0.713. The highest BCUT2D eigenvalue weighted by molar-refractivity contribution is 7.17. The summed E-state index contributed by atoms with van der Waals surface area (Å²) in [7, 11) is 0. The van der Waals surface area contributed by atoms with Crippen molar-refractivity contribution in [3.05, 3.63) is 53.3 Å². The molecule has 6 nitrogen and oxygen atoms in total. The Kier molecular flexibility index (Phi) is 5.13. The van der Waals surface area contributed by atoms with Crippen LogP contribution in [0.1, 0.15) is 18.4 Å². The fourth-order valence-corrected chi connectivity index (χ4v) is 4.35. The van der Waals surface area contributed by atoms with E-state index in [4.69, 9.17) is 11.6 Å². The van der Waals surface area contributed by atoms with E-state index in [2.05, 4.69) is 20.4 Å². The van der Waals surface area contributed by atoms with E-state index in [-0.39, 0.29) is 11.8 Å². The third-order valence-electron chi connectivity index (χ3n) is 4.67. The lowest BCUT2D eigenvalue weighted by Crippen LogP contribution is -2.40. The normalized spacial score (nSPS) is 17.1. The number of amides is 1. The minimum Gasteiger partial charge on any atom is -0.346 e. The van der Waals surface area contributed by atoms with Gasteiger partial charge in [-0.15, -0.1) is 10.2 Å². The molecule has 1 fully saturated rings. The summed E-state index contributed by atoms with van der Waals surface area (Å²) in [6, 6.07) is 9.56. The highest BCUT2D eigenvalue weighted by Crippen LogP contribution is 2.29. The summed E-state index contributed by atoms with van der Waals surface area (Å²) in [4.78, 5) is 14.9. The third-order valence-corrected chi connectivity index (χ3v) is 5.98. The van der Waals surface area contributed by atoms with E-state index in [1.165, 1.54) is 11.3 Å². The number of hydrogen-bond acceptors (Lipinski definition) is 5. The fraction of sp³-hybridized carbons (Fsp3) is 0.316. The lowest BCUT2D eigenvalue weighted by molar-refractivity contribution is -0.120. The third kappa shape index (κ3) is 3.99. The van der Waals surface area contributed by atoms with Crippen LogP contribution in [-0.2, 0) is 4.79 Å². The van der Waals surface area contributed by atoms with Crippen molar-refractivity contribution in [3.8, 4) is 5.13 Å². The van der Waals surface area contributed by atoms with Gasteiger partial charge in [-0.05, 0) is 49.6 Å². The Hall–Kier alpha value is -2.38. The molecule has 1 aliphatic rings. The number of nitrogens with zero attached hydrogens (tertiary/aromatic N) is 4. The molecule has 1 saturated heterocycles. The van der Waals surface area contributed by atoms with Crippen LogP contribution < -0.4 is 10.2 Å². The second kappa shape index (κ2) is 7.70. The number of carbonyl (C=O) groups is 1. The lowest BCUT2D eigenvalue weighted by atomic mass is 9.97. The van der Waals surface area contributed by atoms with E-state index in [1.807, 2.05) is 54.2 Å². The molecule has 0 aliphatic carbocycles. The molecule has 0 spiro atoms. The number of nitrogens with one attached hydrogen (secondary N) is 1. The largest absolute Gasteiger partial charge is 0.346 e. The monoisotopic (exact) mass is 401 g/mol. The Balaban J connectivity index is 1.44. The first-order chi connectivity index (χ1) is 13.1. The summed E-state index contributed by atoms with van der Waals surface area (Å²) in [5, 5.41) is 13.8. The van der Waals surface area contributed by atoms with Gasteiger partial charge in [0, 0.05) is 25.5 Å². The van der Waals surface area contributed by atoms with Gasteiger partial charge in [0.2, 0.25) is 16.2 Å². The number of aryl methyl sites for hydroxylation is 1. The summed E-state index contributed by atoms with van der Waals surface area (Å²) in [6.45, 7) is 3.49. The molecule has 1 atom stereocenters. The predicted molar refractivity (Wildman–Crippen MR) is 109 cm³/mol. The van der Waals surface area contributed by atoms with Crippen molar-refractivity contribution in [2.75, 3.05) is 23.3 Å². The first-order valence-electron chi connectivity index (χ1n) is 8.89. The first-order valence-corrected chi connectivity index (χ1v) is 10.1. The van der Waals surface area contributed by atoms with Crippen LogP contribution in [0.2, 0.25) is 5.02 Å². The van der Waals surface area contributed by atoms with Crippen molar-refractivity contribution in [2.24, 2.45) is 5.92 Å². The molecule has 140 valence electrons. The number of halogens is 1. The van der Waals surface area contributed by atoms with Crippen LogP contribution in [0, 0.1) is 12.8 Å². The average Bonchev–Trinajstić information content (AvgIpc) is 3.35. The molecule has 0 saturated carbocycles. The summed E-state index contributed by atoms with van der Waals surface area (Å²) in [5.41, 5.74) is 1.73. The second-order valence-electron chi connectivity index (χ2n) is 6.72. The molecule has 4 rings (SSSR count). The van der Waals surface area contributed by atoms with Gasteiger partial charge in [0.25, 0.3) is 0 Å². The predicted octanol–water partition coefficient (Wildman–Crippen LogP) is 4.15. The molecule has 1 aromatic carbocycles. The Morgan fingerprint density at radius 3 is 2.81 bits per heavy atom. The van der Waals surface area contributed by atoms with Crippen LogP contribution in [-0.4, -0.2) is 33.8 Å². The van der Waals surface area contributed by atoms with Gasteiger partial charge in [0.1, 0.15) is 0 Å². The Labute approximate surface area is 166 Å². The number of rotatable bonds is 4. The van der Waals surface area contributed by atoms with Gasteiger partial charge in [-0.3, -0.25) is 9.36 Å². The number of aromatic nitrogens is 3. The van der Waals surface area contributed by atoms with Gasteiger partial charge in [0.05, 0.1) is 16.6 Å². The number of anilines is 2. The highest BCUT2D eigenvalue weighted by Gasteiger charge is 2.28. The van der Waals surface area contributed by atoms with Crippen LogP contribution in [0.3, 0.4) is 0 Å². The number of piperidine rings is 1. The summed E-state index contributed by atoms with van der Waals surface area (Å²) >= 11 is 7.78. The summed E-state index contributed by atoms with van der Waals surface area (Å²) < 4.78 is 1.94. The molecule has 27 heavy (non-hydrogen) atoms. The molecule has 0 radical (unpaired) electrons. The molecule has 1 N–H and O–H groups in total. The molecular weight excluding hydrogens is 382 g/mol. The Morgan fingerprint density at radius 2 is 2.04 bits per heavy atom. The highest BCUT2D eigenvalue weighted by atomic mass is 35.5. The van der Waals surface area contributed by atoms with Gasteiger partial charge in [-0.1, -0.05) is 29.0 Å². The van der Waals surface area contributed by atoms with E-state index in [1.54, 1.807) is 0 Å². The van der Waals surface area contributed by atoms with E-state index in [9.17, 15) is 4.79 Å². The zero-order valence-electron chi connectivity index (χ0n) is 14.9. The summed E-state index contributed by atoms with van der Waals surface area (Å²) in [6.07, 6.45) is 5.69. The number of carbonyl (C=O) groups excluding carboxylic acids is 1. The molecule has 8 heteroatoms.